The maximum Gasteiger partial charge on any atom is 0.329 e. The van der Waals surface area contributed by atoms with Crippen LogP contribution in [0.5, 0.6) is 0 Å². The first-order valence-corrected chi connectivity index (χ1v) is 7.90. The highest BCUT2D eigenvalue weighted by molar-refractivity contribution is 6.38. The zero-order valence-electron chi connectivity index (χ0n) is 12.2. The van der Waals surface area contributed by atoms with Crippen LogP contribution in [-0.2, 0) is 16.1 Å². The Kier molecular flexibility index (Phi) is 6.61. The number of benzene rings is 2. The van der Waals surface area contributed by atoms with E-state index in [1.165, 1.54) is 6.21 Å². The second-order valence-electron chi connectivity index (χ2n) is 4.64. The second-order valence-corrected chi connectivity index (χ2v) is 5.89. The molecule has 0 fully saturated rings. The molecule has 2 aromatic rings. The maximum atomic E-state index is 11.7. The minimum Gasteiger partial charge on any atom is -0.344 e. The minimum atomic E-state index is -0.900. The van der Waals surface area contributed by atoms with Gasteiger partial charge in [-0.15, -0.1) is 0 Å². The molecule has 0 aromatic heterocycles. The number of carbonyl (C=O) groups is 2. The molecule has 5 nitrogen and oxygen atoms in total. The van der Waals surface area contributed by atoms with Crippen molar-refractivity contribution >= 4 is 52.8 Å². The van der Waals surface area contributed by atoms with E-state index in [-0.39, 0.29) is 6.54 Å². The fourth-order valence-corrected chi connectivity index (χ4v) is 2.33. The maximum absolute atomic E-state index is 11.7. The van der Waals surface area contributed by atoms with E-state index < -0.39 is 11.8 Å². The third kappa shape index (κ3) is 5.23. The summed E-state index contributed by atoms with van der Waals surface area (Å²) in [5, 5.41) is 7.51. The van der Waals surface area contributed by atoms with Gasteiger partial charge in [-0.1, -0.05) is 53.0 Å². The lowest BCUT2D eigenvalue weighted by molar-refractivity contribution is -0.139. The standard InChI is InChI=1S/C16H12Cl3N3O2/c17-11-6-4-10(5-7-11)8-20-15(23)16(24)22-21-9-12-13(18)2-1-3-14(12)19/h1-7,9H,8H2,(H,20,23)(H,22,24)/b21-9+. The van der Waals surface area contributed by atoms with Crippen molar-refractivity contribution in [2.24, 2.45) is 5.10 Å². The Labute approximate surface area is 153 Å². The van der Waals surface area contributed by atoms with Crippen LogP contribution in [0.4, 0.5) is 0 Å². The quantitative estimate of drug-likeness (QED) is 0.482. The summed E-state index contributed by atoms with van der Waals surface area (Å²) in [7, 11) is 0. The molecule has 0 unspecified atom stereocenters. The highest BCUT2D eigenvalue weighted by Crippen LogP contribution is 2.21. The van der Waals surface area contributed by atoms with Crippen molar-refractivity contribution in [2.45, 2.75) is 6.54 Å². The van der Waals surface area contributed by atoms with Crippen LogP contribution in [0.15, 0.2) is 47.6 Å². The van der Waals surface area contributed by atoms with Gasteiger partial charge < -0.3 is 5.32 Å². The summed E-state index contributed by atoms with van der Waals surface area (Å²) in [6.45, 7) is 0.198. The van der Waals surface area contributed by atoms with Gasteiger partial charge >= 0.3 is 11.8 Å². The molecule has 8 heteroatoms. The topological polar surface area (TPSA) is 70.6 Å². The summed E-state index contributed by atoms with van der Waals surface area (Å²) in [5.41, 5.74) is 3.37. The molecule has 2 amide bonds. The molecule has 0 aliphatic rings. The average Bonchev–Trinajstić information content (AvgIpc) is 2.56. The fourth-order valence-electron chi connectivity index (χ4n) is 1.71. The molecule has 2 rings (SSSR count). The largest absolute Gasteiger partial charge is 0.344 e. The Morgan fingerprint density at radius 2 is 1.58 bits per heavy atom. The van der Waals surface area contributed by atoms with Gasteiger partial charge in [-0.2, -0.15) is 5.10 Å². The molecular formula is C16H12Cl3N3O2. The van der Waals surface area contributed by atoms with E-state index >= 15 is 0 Å². The lowest BCUT2D eigenvalue weighted by Gasteiger charge is -2.04. The van der Waals surface area contributed by atoms with Gasteiger partial charge in [0, 0.05) is 17.1 Å². The van der Waals surface area contributed by atoms with Gasteiger partial charge in [0.15, 0.2) is 0 Å². The first kappa shape index (κ1) is 18.3. The van der Waals surface area contributed by atoms with Crippen LogP contribution in [0.3, 0.4) is 0 Å². The van der Waals surface area contributed by atoms with E-state index in [0.717, 1.165) is 5.56 Å². The Bertz CT molecular complexity index is 756. The Balaban J connectivity index is 1.86. The molecular weight excluding hydrogens is 373 g/mol. The molecule has 2 aromatic carbocycles. The highest BCUT2D eigenvalue weighted by Gasteiger charge is 2.12. The van der Waals surface area contributed by atoms with Crippen LogP contribution in [0.25, 0.3) is 0 Å². The molecule has 0 bridgehead atoms. The lowest BCUT2D eigenvalue weighted by Crippen LogP contribution is -2.37. The van der Waals surface area contributed by atoms with Crippen molar-refractivity contribution < 1.29 is 9.59 Å². The van der Waals surface area contributed by atoms with Crippen LogP contribution in [0.2, 0.25) is 15.1 Å². The van der Waals surface area contributed by atoms with Gasteiger partial charge in [0.25, 0.3) is 0 Å². The first-order valence-electron chi connectivity index (χ1n) is 6.77. The second kappa shape index (κ2) is 8.68. The minimum absolute atomic E-state index is 0.198. The Morgan fingerprint density at radius 1 is 0.958 bits per heavy atom. The predicted molar refractivity (Wildman–Crippen MR) is 95.5 cm³/mol. The van der Waals surface area contributed by atoms with E-state index in [0.29, 0.717) is 20.6 Å². The monoisotopic (exact) mass is 383 g/mol. The molecule has 0 spiro atoms. The van der Waals surface area contributed by atoms with Crippen LogP contribution < -0.4 is 10.7 Å². The number of nitrogens with zero attached hydrogens (tertiary/aromatic N) is 1. The van der Waals surface area contributed by atoms with Crippen LogP contribution >= 0.6 is 34.8 Å². The van der Waals surface area contributed by atoms with E-state index in [4.69, 9.17) is 34.8 Å². The van der Waals surface area contributed by atoms with Gasteiger partial charge in [-0.25, -0.2) is 5.43 Å². The zero-order chi connectivity index (χ0) is 17.5. The zero-order valence-corrected chi connectivity index (χ0v) is 14.5. The van der Waals surface area contributed by atoms with Gasteiger partial charge in [0.1, 0.15) is 0 Å². The molecule has 2 N–H and O–H groups in total. The lowest BCUT2D eigenvalue weighted by atomic mass is 10.2. The number of rotatable bonds is 4. The molecule has 0 saturated carbocycles. The molecule has 24 heavy (non-hydrogen) atoms. The molecule has 124 valence electrons. The van der Waals surface area contributed by atoms with Gasteiger partial charge in [-0.3, -0.25) is 9.59 Å². The number of nitrogens with one attached hydrogen (secondary N) is 2. The fraction of sp³-hybridized carbons (Fsp3) is 0.0625. The third-order valence-corrected chi connectivity index (χ3v) is 3.84. The SMILES string of the molecule is O=C(NCc1ccc(Cl)cc1)C(=O)N/N=C/c1c(Cl)cccc1Cl. The Morgan fingerprint density at radius 3 is 2.21 bits per heavy atom. The first-order chi connectivity index (χ1) is 11.5. The van der Waals surface area contributed by atoms with Crippen LogP contribution in [0, 0.1) is 0 Å². The molecule has 0 heterocycles. The molecule has 0 aliphatic carbocycles. The summed E-state index contributed by atoms with van der Waals surface area (Å²) in [4.78, 5) is 23.3. The average molecular weight is 385 g/mol. The summed E-state index contributed by atoms with van der Waals surface area (Å²) in [6, 6.07) is 11.8. The van der Waals surface area contributed by atoms with Crippen LogP contribution in [-0.4, -0.2) is 18.0 Å². The van der Waals surface area contributed by atoms with E-state index in [9.17, 15) is 9.59 Å². The van der Waals surface area contributed by atoms with E-state index in [2.05, 4.69) is 15.8 Å². The molecule has 0 radical (unpaired) electrons. The number of hydrogen-bond donors (Lipinski definition) is 2. The summed E-state index contributed by atoms with van der Waals surface area (Å²) < 4.78 is 0. The third-order valence-electron chi connectivity index (χ3n) is 2.93. The number of hydrazone groups is 1. The number of carbonyl (C=O) groups excluding carboxylic acids is 2. The van der Waals surface area contributed by atoms with Gasteiger partial charge in [-0.05, 0) is 29.8 Å². The van der Waals surface area contributed by atoms with Gasteiger partial charge in [0.05, 0.1) is 16.3 Å². The number of halogens is 3. The molecule has 0 saturated heterocycles. The summed E-state index contributed by atoms with van der Waals surface area (Å²) >= 11 is 17.7. The number of amides is 2. The van der Waals surface area contributed by atoms with Crippen molar-refractivity contribution in [3.8, 4) is 0 Å². The van der Waals surface area contributed by atoms with E-state index in [1.807, 2.05) is 0 Å². The van der Waals surface area contributed by atoms with Crippen molar-refractivity contribution in [2.75, 3.05) is 0 Å². The molecule has 0 aliphatic heterocycles. The van der Waals surface area contributed by atoms with Crippen LogP contribution in [0.1, 0.15) is 11.1 Å². The molecule has 0 atom stereocenters. The van der Waals surface area contributed by atoms with Gasteiger partial charge in [0.2, 0.25) is 0 Å². The van der Waals surface area contributed by atoms with E-state index in [1.54, 1.807) is 42.5 Å². The van der Waals surface area contributed by atoms with Crippen molar-refractivity contribution in [3.63, 3.8) is 0 Å². The number of hydrogen-bond acceptors (Lipinski definition) is 3. The van der Waals surface area contributed by atoms with Crippen molar-refractivity contribution in [3.05, 3.63) is 68.7 Å². The smallest absolute Gasteiger partial charge is 0.329 e. The van der Waals surface area contributed by atoms with Crippen molar-refractivity contribution in [1.82, 2.24) is 10.7 Å². The highest BCUT2D eigenvalue weighted by atomic mass is 35.5. The summed E-state index contributed by atoms with van der Waals surface area (Å²) in [6.07, 6.45) is 1.27. The summed E-state index contributed by atoms with van der Waals surface area (Å²) in [5.74, 6) is -1.71. The Hall–Kier alpha value is -2.08. The predicted octanol–water partition coefficient (Wildman–Crippen LogP) is 3.41. The van der Waals surface area contributed by atoms with Crippen molar-refractivity contribution in [1.29, 1.82) is 0 Å². The normalized spacial score (nSPS) is 10.6.